The van der Waals surface area contributed by atoms with Gasteiger partial charge in [0.05, 0.1) is 6.26 Å². The van der Waals surface area contributed by atoms with E-state index < -0.39 is 11.8 Å². The summed E-state index contributed by atoms with van der Waals surface area (Å²) in [6.45, 7) is 8.28. The summed E-state index contributed by atoms with van der Waals surface area (Å²) in [4.78, 5) is 12.4. The number of benzene rings is 3. The minimum absolute atomic E-state index is 0.228. The highest BCUT2D eigenvalue weighted by atomic mass is 16.7. The average Bonchev–Trinajstić information content (AvgIpc) is 2.93. The molecule has 210 valence electrons. The molecular formula is C34H38O6. The molecule has 0 amide bonds. The van der Waals surface area contributed by atoms with Crippen LogP contribution in [0.3, 0.4) is 0 Å². The topological polar surface area (TPSA) is 74.2 Å². The monoisotopic (exact) mass is 542 g/mol. The van der Waals surface area contributed by atoms with Crippen LogP contribution in [0.5, 0.6) is 11.5 Å². The SMILES string of the molecule is CCOC(CC)Oc1ccc(C=CC=Cc2ccc(OC(=O)OC(C)(C)Cc3ccc(C=CO)cc3)cc2)cc1. The molecule has 0 aliphatic carbocycles. The Labute approximate surface area is 237 Å². The second-order valence-corrected chi connectivity index (χ2v) is 9.72. The molecule has 1 unspecified atom stereocenters. The Morgan fingerprint density at radius 3 is 1.85 bits per heavy atom. The summed E-state index contributed by atoms with van der Waals surface area (Å²) in [5.41, 5.74) is 3.16. The van der Waals surface area contributed by atoms with E-state index in [0.29, 0.717) is 18.8 Å². The van der Waals surface area contributed by atoms with Gasteiger partial charge < -0.3 is 24.1 Å². The van der Waals surface area contributed by atoms with Crippen molar-refractivity contribution in [3.05, 3.63) is 113 Å². The van der Waals surface area contributed by atoms with E-state index in [9.17, 15) is 4.79 Å². The van der Waals surface area contributed by atoms with Gasteiger partial charge in [0.1, 0.15) is 17.1 Å². The normalized spacial score (nSPS) is 12.7. The molecule has 3 rings (SSSR count). The van der Waals surface area contributed by atoms with E-state index in [1.165, 1.54) is 0 Å². The van der Waals surface area contributed by atoms with Crippen molar-refractivity contribution in [1.29, 1.82) is 0 Å². The average molecular weight is 543 g/mol. The standard InChI is InChI=1S/C34H38O6/c1-5-32(37-6-2)38-30-19-15-26(16-20-30)9-7-8-10-27-17-21-31(22-18-27)39-33(36)40-34(3,4)25-29-13-11-28(12-14-29)23-24-35/h7-24,32,35H,5-6,25H2,1-4H3. The Morgan fingerprint density at radius 2 is 1.32 bits per heavy atom. The summed E-state index contributed by atoms with van der Waals surface area (Å²) in [5.74, 6) is 1.19. The van der Waals surface area contributed by atoms with Crippen LogP contribution in [-0.4, -0.2) is 29.8 Å². The third-order valence-corrected chi connectivity index (χ3v) is 5.84. The quantitative estimate of drug-likeness (QED) is 0.0766. The van der Waals surface area contributed by atoms with Crippen LogP contribution >= 0.6 is 0 Å². The zero-order valence-corrected chi connectivity index (χ0v) is 23.6. The first-order valence-electron chi connectivity index (χ1n) is 13.4. The zero-order valence-electron chi connectivity index (χ0n) is 23.6. The van der Waals surface area contributed by atoms with E-state index in [0.717, 1.165) is 40.7 Å². The minimum atomic E-state index is -0.755. The molecule has 0 aliphatic rings. The molecular weight excluding hydrogens is 504 g/mol. The summed E-state index contributed by atoms with van der Waals surface area (Å²) in [5, 5.41) is 8.88. The summed E-state index contributed by atoms with van der Waals surface area (Å²) in [7, 11) is 0. The lowest BCUT2D eigenvalue weighted by Crippen LogP contribution is -2.32. The van der Waals surface area contributed by atoms with E-state index in [1.54, 1.807) is 18.2 Å². The van der Waals surface area contributed by atoms with Crippen LogP contribution in [0.4, 0.5) is 4.79 Å². The van der Waals surface area contributed by atoms with E-state index in [4.69, 9.17) is 24.1 Å². The molecule has 0 saturated carbocycles. The van der Waals surface area contributed by atoms with E-state index in [-0.39, 0.29) is 6.29 Å². The van der Waals surface area contributed by atoms with Gasteiger partial charge in [0.25, 0.3) is 0 Å². The molecule has 1 N–H and O–H groups in total. The highest BCUT2D eigenvalue weighted by Crippen LogP contribution is 2.21. The third kappa shape index (κ3) is 10.5. The number of carbonyl (C=O) groups excluding carboxylic acids is 1. The summed E-state index contributed by atoms with van der Waals surface area (Å²) in [6.07, 6.45) is 10.8. The summed E-state index contributed by atoms with van der Waals surface area (Å²) < 4.78 is 22.3. The number of aliphatic hydroxyl groups is 1. The van der Waals surface area contributed by atoms with Crippen LogP contribution in [0.25, 0.3) is 18.2 Å². The molecule has 3 aromatic rings. The van der Waals surface area contributed by atoms with Crippen molar-refractivity contribution in [2.45, 2.75) is 52.4 Å². The van der Waals surface area contributed by atoms with Gasteiger partial charge in [0.2, 0.25) is 0 Å². The Morgan fingerprint density at radius 1 is 0.800 bits per heavy atom. The minimum Gasteiger partial charge on any atom is -0.516 e. The molecule has 6 heteroatoms. The van der Waals surface area contributed by atoms with Crippen LogP contribution in [0.1, 0.15) is 56.4 Å². The number of ether oxygens (including phenoxy) is 4. The fourth-order valence-corrected chi connectivity index (χ4v) is 3.91. The maximum absolute atomic E-state index is 12.4. The number of hydrogen-bond acceptors (Lipinski definition) is 6. The van der Waals surface area contributed by atoms with Crippen LogP contribution in [0, 0.1) is 0 Å². The Bertz CT molecular complexity index is 1270. The number of carbonyl (C=O) groups is 1. The summed E-state index contributed by atoms with van der Waals surface area (Å²) in [6, 6.07) is 22.7. The third-order valence-electron chi connectivity index (χ3n) is 5.84. The van der Waals surface area contributed by atoms with Gasteiger partial charge in [0.15, 0.2) is 6.29 Å². The number of rotatable bonds is 13. The molecule has 3 aromatic carbocycles. The lowest BCUT2D eigenvalue weighted by atomic mass is 9.97. The fraction of sp³-hybridized carbons (Fsp3) is 0.265. The smallest absolute Gasteiger partial charge is 0.514 e. The molecule has 0 radical (unpaired) electrons. The van der Waals surface area contributed by atoms with Gasteiger partial charge >= 0.3 is 6.16 Å². The van der Waals surface area contributed by atoms with Crippen molar-refractivity contribution in [2.24, 2.45) is 0 Å². The molecule has 6 nitrogen and oxygen atoms in total. The Balaban J connectivity index is 1.46. The lowest BCUT2D eigenvalue weighted by molar-refractivity contribution is -0.0766. The predicted octanol–water partition coefficient (Wildman–Crippen LogP) is 8.63. The molecule has 0 fully saturated rings. The molecule has 0 spiro atoms. The molecule has 0 aromatic heterocycles. The van der Waals surface area contributed by atoms with Gasteiger partial charge in [-0.15, -0.1) is 0 Å². The summed E-state index contributed by atoms with van der Waals surface area (Å²) >= 11 is 0. The first-order chi connectivity index (χ1) is 19.3. The van der Waals surface area contributed by atoms with Crippen molar-refractivity contribution in [3.63, 3.8) is 0 Å². The van der Waals surface area contributed by atoms with Crippen molar-refractivity contribution >= 4 is 24.4 Å². The first-order valence-corrected chi connectivity index (χ1v) is 13.4. The van der Waals surface area contributed by atoms with Crippen molar-refractivity contribution in [1.82, 2.24) is 0 Å². The van der Waals surface area contributed by atoms with Gasteiger partial charge in [-0.2, -0.15) is 0 Å². The predicted molar refractivity (Wildman–Crippen MR) is 160 cm³/mol. The maximum atomic E-state index is 12.4. The Hall–Kier alpha value is -4.29. The fourth-order valence-electron chi connectivity index (χ4n) is 3.91. The molecule has 0 aliphatic heterocycles. The van der Waals surface area contributed by atoms with Crippen LogP contribution in [0.2, 0.25) is 0 Å². The highest BCUT2D eigenvalue weighted by molar-refractivity contribution is 5.65. The maximum Gasteiger partial charge on any atom is 0.514 e. The van der Waals surface area contributed by atoms with Crippen molar-refractivity contribution in [3.8, 4) is 11.5 Å². The number of allylic oxidation sites excluding steroid dienone is 2. The van der Waals surface area contributed by atoms with E-state index >= 15 is 0 Å². The largest absolute Gasteiger partial charge is 0.516 e. The number of hydrogen-bond donors (Lipinski definition) is 1. The molecule has 0 bridgehead atoms. The van der Waals surface area contributed by atoms with Crippen LogP contribution < -0.4 is 9.47 Å². The van der Waals surface area contributed by atoms with Gasteiger partial charge in [-0.25, -0.2) is 4.79 Å². The Kier molecular flexibility index (Phi) is 11.6. The number of aliphatic hydroxyl groups excluding tert-OH is 1. The second-order valence-electron chi connectivity index (χ2n) is 9.72. The van der Waals surface area contributed by atoms with Gasteiger partial charge in [-0.05, 0) is 73.4 Å². The van der Waals surface area contributed by atoms with Gasteiger partial charge in [-0.3, -0.25) is 0 Å². The lowest BCUT2D eigenvalue weighted by Gasteiger charge is -2.24. The van der Waals surface area contributed by atoms with E-state index in [1.807, 2.05) is 113 Å². The highest BCUT2D eigenvalue weighted by Gasteiger charge is 2.25. The van der Waals surface area contributed by atoms with Gasteiger partial charge in [-0.1, -0.05) is 79.8 Å². The van der Waals surface area contributed by atoms with Crippen molar-refractivity contribution < 1.29 is 28.8 Å². The second kappa shape index (κ2) is 15.3. The van der Waals surface area contributed by atoms with Crippen LogP contribution in [-0.2, 0) is 15.9 Å². The molecule has 1 atom stereocenters. The van der Waals surface area contributed by atoms with E-state index in [2.05, 4.69) is 0 Å². The van der Waals surface area contributed by atoms with Crippen LogP contribution in [0.15, 0.2) is 91.2 Å². The molecule has 40 heavy (non-hydrogen) atoms. The van der Waals surface area contributed by atoms with Crippen molar-refractivity contribution in [2.75, 3.05) is 6.61 Å². The molecule has 0 heterocycles. The van der Waals surface area contributed by atoms with Gasteiger partial charge in [0, 0.05) is 19.4 Å². The molecule has 0 saturated heterocycles. The first kappa shape index (κ1) is 30.3. The zero-order chi connectivity index (χ0) is 28.8.